The molecule has 2 rings (SSSR count). The fraction of sp³-hybridized carbons (Fsp3) is 0.368. The first kappa shape index (κ1) is 17.0. The molecule has 0 saturated carbocycles. The highest BCUT2D eigenvalue weighted by Gasteiger charge is 2.15. The van der Waals surface area contributed by atoms with Gasteiger partial charge in [0.15, 0.2) is 0 Å². The van der Waals surface area contributed by atoms with Crippen molar-refractivity contribution < 1.29 is 10.2 Å². The minimum atomic E-state index is -0.103. The number of benzene rings is 2. The summed E-state index contributed by atoms with van der Waals surface area (Å²) < 4.78 is 0. The summed E-state index contributed by atoms with van der Waals surface area (Å²) in [5, 5.41) is 19.2. The third-order valence-corrected chi connectivity index (χ3v) is 4.26. The van der Waals surface area contributed by atoms with E-state index in [1.807, 2.05) is 12.1 Å². The summed E-state index contributed by atoms with van der Waals surface area (Å²) in [6.07, 6.45) is 0. The number of rotatable bonds is 4. The van der Waals surface area contributed by atoms with E-state index in [-0.39, 0.29) is 18.6 Å². The van der Waals surface area contributed by atoms with Crippen LogP contribution in [-0.4, -0.2) is 10.2 Å². The summed E-state index contributed by atoms with van der Waals surface area (Å²) in [4.78, 5) is 0. The molecular formula is C19H23ClO2. The average molecular weight is 319 g/mol. The van der Waals surface area contributed by atoms with Gasteiger partial charge in [0.2, 0.25) is 0 Å². The molecule has 0 radical (unpaired) electrons. The van der Waals surface area contributed by atoms with E-state index in [0.29, 0.717) is 5.88 Å². The largest absolute Gasteiger partial charge is 0.392 e. The van der Waals surface area contributed by atoms with Crippen molar-refractivity contribution >= 4 is 11.6 Å². The van der Waals surface area contributed by atoms with Crippen LogP contribution >= 0.6 is 11.6 Å². The standard InChI is InChI=1S/C19H23ClO2/c1-19(2,3)16-6-4-14(5-7-16)17-9-13(10-20)8-15(11-21)18(17)12-22/h4-9,21-22H,10-12H2,1-3H3. The molecule has 2 nitrogen and oxygen atoms in total. The number of hydrogen-bond donors (Lipinski definition) is 2. The van der Waals surface area contributed by atoms with Crippen LogP contribution in [0.5, 0.6) is 0 Å². The van der Waals surface area contributed by atoms with Gasteiger partial charge in [0.25, 0.3) is 0 Å². The predicted molar refractivity (Wildman–Crippen MR) is 92.0 cm³/mol. The van der Waals surface area contributed by atoms with E-state index in [1.165, 1.54) is 5.56 Å². The normalized spacial score (nSPS) is 11.7. The van der Waals surface area contributed by atoms with Crippen LogP contribution in [0.1, 0.15) is 43.0 Å². The van der Waals surface area contributed by atoms with Gasteiger partial charge >= 0.3 is 0 Å². The lowest BCUT2D eigenvalue weighted by molar-refractivity contribution is 0.260. The topological polar surface area (TPSA) is 40.5 Å². The summed E-state index contributed by atoms with van der Waals surface area (Å²) in [6.45, 7) is 6.33. The highest BCUT2D eigenvalue weighted by atomic mass is 35.5. The zero-order valence-electron chi connectivity index (χ0n) is 13.4. The van der Waals surface area contributed by atoms with Crippen molar-refractivity contribution in [1.82, 2.24) is 0 Å². The second-order valence-electron chi connectivity index (χ2n) is 6.56. The van der Waals surface area contributed by atoms with Crippen molar-refractivity contribution in [3.05, 3.63) is 58.7 Å². The first-order valence-corrected chi connectivity index (χ1v) is 7.97. The molecular weight excluding hydrogens is 296 g/mol. The molecule has 0 aliphatic carbocycles. The number of alkyl halides is 1. The molecule has 0 saturated heterocycles. The second-order valence-corrected chi connectivity index (χ2v) is 6.83. The third-order valence-electron chi connectivity index (χ3n) is 3.95. The smallest absolute Gasteiger partial charge is 0.0691 e. The summed E-state index contributed by atoms with van der Waals surface area (Å²) in [5.41, 5.74) is 5.77. The van der Waals surface area contributed by atoms with E-state index < -0.39 is 0 Å². The van der Waals surface area contributed by atoms with Crippen LogP contribution in [0.15, 0.2) is 36.4 Å². The molecule has 22 heavy (non-hydrogen) atoms. The zero-order valence-corrected chi connectivity index (χ0v) is 14.1. The maximum Gasteiger partial charge on any atom is 0.0691 e. The molecule has 0 aliphatic heterocycles. The highest BCUT2D eigenvalue weighted by Crippen LogP contribution is 2.31. The van der Waals surface area contributed by atoms with Crippen molar-refractivity contribution in [2.45, 2.75) is 45.3 Å². The summed E-state index contributed by atoms with van der Waals surface area (Å²) in [6, 6.07) is 12.2. The molecule has 0 amide bonds. The first-order chi connectivity index (χ1) is 10.4. The molecule has 2 N–H and O–H groups in total. The van der Waals surface area contributed by atoms with E-state index in [2.05, 4.69) is 45.0 Å². The molecule has 0 unspecified atom stereocenters. The van der Waals surface area contributed by atoms with Gasteiger partial charge in [-0.25, -0.2) is 0 Å². The number of halogens is 1. The Bertz CT molecular complexity index is 640. The molecule has 3 heteroatoms. The zero-order chi connectivity index (χ0) is 16.3. The van der Waals surface area contributed by atoms with E-state index in [0.717, 1.165) is 27.8 Å². The number of aliphatic hydroxyl groups excluding tert-OH is 2. The Balaban J connectivity index is 2.55. The Morgan fingerprint density at radius 1 is 0.955 bits per heavy atom. The van der Waals surface area contributed by atoms with E-state index in [9.17, 15) is 10.2 Å². The average Bonchev–Trinajstić information content (AvgIpc) is 2.52. The van der Waals surface area contributed by atoms with Crippen LogP contribution in [0.3, 0.4) is 0 Å². The van der Waals surface area contributed by atoms with Gasteiger partial charge in [0, 0.05) is 5.88 Å². The van der Waals surface area contributed by atoms with Crippen molar-refractivity contribution in [2.75, 3.05) is 0 Å². The maximum absolute atomic E-state index is 9.70. The lowest BCUT2D eigenvalue weighted by atomic mass is 9.85. The van der Waals surface area contributed by atoms with Crippen molar-refractivity contribution in [3.63, 3.8) is 0 Å². The van der Waals surface area contributed by atoms with E-state index >= 15 is 0 Å². The quantitative estimate of drug-likeness (QED) is 0.822. The fourth-order valence-electron chi connectivity index (χ4n) is 2.61. The lowest BCUT2D eigenvalue weighted by Gasteiger charge is -2.20. The Labute approximate surface area is 137 Å². The fourth-order valence-corrected chi connectivity index (χ4v) is 2.76. The Hall–Kier alpha value is -1.35. The molecule has 118 valence electrons. The second kappa shape index (κ2) is 6.82. The summed E-state index contributed by atoms with van der Waals surface area (Å²) in [7, 11) is 0. The van der Waals surface area contributed by atoms with Gasteiger partial charge in [-0.1, -0.05) is 51.1 Å². The van der Waals surface area contributed by atoms with Gasteiger partial charge < -0.3 is 10.2 Å². The Kier molecular flexibility index (Phi) is 5.28. The van der Waals surface area contributed by atoms with Crippen LogP contribution in [0.4, 0.5) is 0 Å². The summed E-state index contributed by atoms with van der Waals surface area (Å²) in [5.74, 6) is 0.381. The van der Waals surface area contributed by atoms with Crippen molar-refractivity contribution in [3.8, 4) is 11.1 Å². The van der Waals surface area contributed by atoms with Gasteiger partial charge in [-0.15, -0.1) is 11.6 Å². The number of aliphatic hydroxyl groups is 2. The molecule has 0 heterocycles. The van der Waals surface area contributed by atoms with Gasteiger partial charge in [0.1, 0.15) is 0 Å². The molecule has 0 spiro atoms. The Morgan fingerprint density at radius 3 is 2.05 bits per heavy atom. The first-order valence-electron chi connectivity index (χ1n) is 7.44. The van der Waals surface area contributed by atoms with Gasteiger partial charge in [-0.05, 0) is 44.9 Å². The van der Waals surface area contributed by atoms with Crippen molar-refractivity contribution in [2.24, 2.45) is 0 Å². The highest BCUT2D eigenvalue weighted by molar-refractivity contribution is 6.17. The van der Waals surface area contributed by atoms with Crippen LogP contribution in [0.25, 0.3) is 11.1 Å². The van der Waals surface area contributed by atoms with Gasteiger partial charge in [-0.2, -0.15) is 0 Å². The molecule has 0 fully saturated rings. The predicted octanol–water partition coefficient (Wildman–Crippen LogP) is 4.37. The number of hydrogen-bond acceptors (Lipinski definition) is 2. The molecule has 2 aromatic rings. The van der Waals surface area contributed by atoms with Crippen LogP contribution in [-0.2, 0) is 24.5 Å². The Morgan fingerprint density at radius 2 is 1.59 bits per heavy atom. The van der Waals surface area contributed by atoms with Gasteiger partial charge in [-0.3, -0.25) is 0 Å². The maximum atomic E-state index is 9.70. The van der Waals surface area contributed by atoms with Gasteiger partial charge in [0.05, 0.1) is 13.2 Å². The summed E-state index contributed by atoms with van der Waals surface area (Å²) >= 11 is 5.95. The van der Waals surface area contributed by atoms with E-state index in [1.54, 1.807) is 0 Å². The van der Waals surface area contributed by atoms with Crippen molar-refractivity contribution in [1.29, 1.82) is 0 Å². The van der Waals surface area contributed by atoms with Crippen LogP contribution in [0, 0.1) is 0 Å². The van der Waals surface area contributed by atoms with Crippen LogP contribution in [0.2, 0.25) is 0 Å². The van der Waals surface area contributed by atoms with Crippen LogP contribution < -0.4 is 0 Å². The molecule has 0 bridgehead atoms. The molecule has 0 aliphatic rings. The van der Waals surface area contributed by atoms with E-state index in [4.69, 9.17) is 11.6 Å². The minimum Gasteiger partial charge on any atom is -0.392 e. The third kappa shape index (κ3) is 3.52. The molecule has 2 aromatic carbocycles. The SMILES string of the molecule is CC(C)(C)c1ccc(-c2cc(CCl)cc(CO)c2CO)cc1. The monoisotopic (exact) mass is 318 g/mol. The molecule has 0 aromatic heterocycles. The molecule has 0 atom stereocenters. The minimum absolute atomic E-state index is 0.102. The lowest BCUT2D eigenvalue weighted by Crippen LogP contribution is -2.10.